The van der Waals surface area contributed by atoms with Crippen LogP contribution in [0, 0.1) is 15.9 Å². The summed E-state index contributed by atoms with van der Waals surface area (Å²) in [4.78, 5) is 10.3. The number of rotatable bonds is 4. The maximum Gasteiger partial charge on any atom is 0.312 e. The smallest absolute Gasteiger partial charge is 0.312 e. The standard InChI is InChI=1S/C13H8BrClFNO3/c14-9-4-8(5-10(16)6-9)7-20-13-11(15)2-1-3-12(13)17(18)19/h1-6H,7H2. The molecule has 0 fully saturated rings. The number of nitrogens with zero attached hydrogens (tertiary/aromatic N) is 1. The Bertz CT molecular complexity index is 646. The predicted octanol–water partition coefficient (Wildman–Crippen LogP) is 4.73. The third-order valence-corrected chi connectivity index (χ3v) is 3.20. The number of hydrogen-bond acceptors (Lipinski definition) is 3. The summed E-state index contributed by atoms with van der Waals surface area (Å²) in [5.41, 5.74) is 0.305. The number of para-hydroxylation sites is 1. The maximum absolute atomic E-state index is 13.2. The van der Waals surface area contributed by atoms with Crippen LogP contribution in [0.2, 0.25) is 5.02 Å². The van der Waals surface area contributed by atoms with Crippen molar-refractivity contribution in [3.05, 3.63) is 67.4 Å². The van der Waals surface area contributed by atoms with Crippen molar-refractivity contribution in [2.45, 2.75) is 6.61 Å². The van der Waals surface area contributed by atoms with E-state index in [1.54, 1.807) is 6.07 Å². The number of ether oxygens (including phenoxy) is 1. The first-order valence-electron chi connectivity index (χ1n) is 5.48. The van der Waals surface area contributed by atoms with E-state index in [4.69, 9.17) is 16.3 Å². The molecule has 0 saturated heterocycles. The Labute approximate surface area is 127 Å². The van der Waals surface area contributed by atoms with Crippen molar-refractivity contribution in [3.63, 3.8) is 0 Å². The third kappa shape index (κ3) is 3.46. The van der Waals surface area contributed by atoms with E-state index in [0.29, 0.717) is 10.0 Å². The fourth-order valence-electron chi connectivity index (χ4n) is 1.63. The van der Waals surface area contributed by atoms with E-state index in [2.05, 4.69) is 15.9 Å². The largest absolute Gasteiger partial charge is 0.481 e. The van der Waals surface area contributed by atoms with Crippen molar-refractivity contribution in [3.8, 4) is 5.75 Å². The molecule has 0 saturated carbocycles. The zero-order valence-corrected chi connectivity index (χ0v) is 12.3. The highest BCUT2D eigenvalue weighted by atomic mass is 79.9. The van der Waals surface area contributed by atoms with Crippen LogP contribution in [0.25, 0.3) is 0 Å². The van der Waals surface area contributed by atoms with Gasteiger partial charge in [0, 0.05) is 10.5 Å². The van der Waals surface area contributed by atoms with Crippen LogP contribution in [0.5, 0.6) is 5.75 Å². The molecule has 0 amide bonds. The molecule has 20 heavy (non-hydrogen) atoms. The van der Waals surface area contributed by atoms with Crippen molar-refractivity contribution >= 4 is 33.2 Å². The third-order valence-electron chi connectivity index (χ3n) is 2.45. The molecular formula is C13H8BrClFNO3. The van der Waals surface area contributed by atoms with E-state index in [9.17, 15) is 14.5 Å². The minimum atomic E-state index is -0.581. The van der Waals surface area contributed by atoms with Gasteiger partial charge in [0.1, 0.15) is 12.4 Å². The predicted molar refractivity (Wildman–Crippen MR) is 76.5 cm³/mol. The lowest BCUT2D eigenvalue weighted by Crippen LogP contribution is -2.00. The molecule has 0 bridgehead atoms. The van der Waals surface area contributed by atoms with Gasteiger partial charge >= 0.3 is 5.69 Å². The summed E-state index contributed by atoms with van der Waals surface area (Å²) < 4.78 is 19.1. The first-order chi connectivity index (χ1) is 9.47. The van der Waals surface area contributed by atoms with E-state index in [1.807, 2.05) is 0 Å². The summed E-state index contributed by atoms with van der Waals surface area (Å²) in [6.07, 6.45) is 0. The van der Waals surface area contributed by atoms with Gasteiger partial charge in [0.15, 0.2) is 0 Å². The Morgan fingerprint density at radius 1 is 1.35 bits per heavy atom. The van der Waals surface area contributed by atoms with Crippen molar-refractivity contribution in [2.24, 2.45) is 0 Å². The minimum Gasteiger partial charge on any atom is -0.481 e. The molecule has 104 valence electrons. The van der Waals surface area contributed by atoms with Crippen LogP contribution in [-0.2, 0) is 6.61 Å². The summed E-state index contributed by atoms with van der Waals surface area (Å²) >= 11 is 9.05. The first kappa shape index (κ1) is 14.7. The Balaban J connectivity index is 2.25. The molecule has 7 heteroatoms. The fourth-order valence-corrected chi connectivity index (χ4v) is 2.37. The second-order valence-electron chi connectivity index (χ2n) is 3.91. The molecule has 0 radical (unpaired) electrons. The van der Waals surface area contributed by atoms with Gasteiger partial charge in [-0.1, -0.05) is 33.6 Å². The van der Waals surface area contributed by atoms with Crippen LogP contribution >= 0.6 is 27.5 Å². The van der Waals surface area contributed by atoms with Crippen LogP contribution < -0.4 is 4.74 Å². The van der Waals surface area contributed by atoms with Crippen molar-refractivity contribution in [1.29, 1.82) is 0 Å². The van der Waals surface area contributed by atoms with E-state index >= 15 is 0 Å². The summed E-state index contributed by atoms with van der Waals surface area (Å²) in [6, 6.07) is 8.50. The van der Waals surface area contributed by atoms with Crippen LogP contribution in [0.1, 0.15) is 5.56 Å². The molecular weight excluding hydrogens is 353 g/mol. The lowest BCUT2D eigenvalue weighted by atomic mass is 10.2. The zero-order valence-electron chi connectivity index (χ0n) is 9.98. The second-order valence-corrected chi connectivity index (χ2v) is 5.23. The lowest BCUT2D eigenvalue weighted by molar-refractivity contribution is -0.385. The SMILES string of the molecule is O=[N+]([O-])c1cccc(Cl)c1OCc1cc(F)cc(Br)c1. The zero-order chi connectivity index (χ0) is 14.7. The van der Waals surface area contributed by atoms with Crippen LogP contribution in [0.3, 0.4) is 0 Å². The average Bonchev–Trinajstić information content (AvgIpc) is 2.35. The van der Waals surface area contributed by atoms with Gasteiger partial charge < -0.3 is 4.74 Å². The van der Waals surface area contributed by atoms with E-state index in [-0.39, 0.29) is 23.1 Å². The molecule has 2 aromatic carbocycles. The number of benzene rings is 2. The highest BCUT2D eigenvalue weighted by Gasteiger charge is 2.18. The molecule has 0 unspecified atom stereocenters. The molecule has 0 aliphatic heterocycles. The Hall–Kier alpha value is -1.66. The number of halogens is 3. The van der Waals surface area contributed by atoms with Gasteiger partial charge in [-0.05, 0) is 29.8 Å². The molecule has 0 atom stereocenters. The average molecular weight is 361 g/mol. The van der Waals surface area contributed by atoms with E-state index in [0.717, 1.165) is 0 Å². The molecule has 2 rings (SSSR count). The van der Waals surface area contributed by atoms with Crippen molar-refractivity contribution < 1.29 is 14.1 Å². The van der Waals surface area contributed by atoms with Gasteiger partial charge in [-0.15, -0.1) is 0 Å². The van der Waals surface area contributed by atoms with Crippen molar-refractivity contribution in [2.75, 3.05) is 0 Å². The number of nitro benzene ring substituents is 1. The Morgan fingerprint density at radius 3 is 2.75 bits per heavy atom. The van der Waals surface area contributed by atoms with E-state index in [1.165, 1.54) is 30.3 Å². The number of nitro groups is 1. The van der Waals surface area contributed by atoms with Crippen molar-refractivity contribution in [1.82, 2.24) is 0 Å². The quantitative estimate of drug-likeness (QED) is 0.585. The van der Waals surface area contributed by atoms with Gasteiger partial charge in [0.05, 0.1) is 9.95 Å². The lowest BCUT2D eigenvalue weighted by Gasteiger charge is -2.09. The Kier molecular flexibility index (Phi) is 4.57. The molecule has 0 aromatic heterocycles. The summed E-state index contributed by atoms with van der Waals surface area (Å²) in [5, 5.41) is 11.0. The molecule has 0 N–H and O–H groups in total. The minimum absolute atomic E-state index is 0.0269. The maximum atomic E-state index is 13.2. The van der Waals surface area contributed by atoms with Crippen LogP contribution in [0.15, 0.2) is 40.9 Å². The molecule has 0 aliphatic rings. The van der Waals surface area contributed by atoms with Gasteiger partial charge in [-0.2, -0.15) is 0 Å². The summed E-state index contributed by atoms with van der Waals surface area (Å²) in [7, 11) is 0. The Morgan fingerprint density at radius 2 is 2.10 bits per heavy atom. The number of hydrogen-bond donors (Lipinski definition) is 0. The van der Waals surface area contributed by atoms with Gasteiger partial charge in [0.2, 0.25) is 5.75 Å². The van der Waals surface area contributed by atoms with Crippen LogP contribution in [-0.4, -0.2) is 4.92 Å². The molecule has 0 aliphatic carbocycles. The molecule has 0 heterocycles. The topological polar surface area (TPSA) is 52.4 Å². The summed E-state index contributed by atoms with van der Waals surface area (Å²) in [5.74, 6) is -0.453. The molecule has 0 spiro atoms. The van der Waals surface area contributed by atoms with Gasteiger partial charge in [-0.25, -0.2) is 4.39 Å². The highest BCUT2D eigenvalue weighted by Crippen LogP contribution is 2.35. The normalized spacial score (nSPS) is 10.3. The summed E-state index contributed by atoms with van der Waals surface area (Å²) in [6.45, 7) is -0.0269. The molecule has 4 nitrogen and oxygen atoms in total. The van der Waals surface area contributed by atoms with Crippen LogP contribution in [0.4, 0.5) is 10.1 Å². The first-order valence-corrected chi connectivity index (χ1v) is 6.65. The van der Waals surface area contributed by atoms with Gasteiger partial charge in [-0.3, -0.25) is 10.1 Å². The highest BCUT2D eigenvalue weighted by molar-refractivity contribution is 9.10. The van der Waals surface area contributed by atoms with Gasteiger partial charge in [0.25, 0.3) is 0 Å². The van der Waals surface area contributed by atoms with E-state index < -0.39 is 10.7 Å². The second kappa shape index (κ2) is 6.19. The monoisotopic (exact) mass is 359 g/mol. The fraction of sp³-hybridized carbons (Fsp3) is 0.0769. The molecule has 2 aromatic rings.